The summed E-state index contributed by atoms with van der Waals surface area (Å²) in [6, 6.07) is 5.92. The predicted octanol–water partition coefficient (Wildman–Crippen LogP) is 2.87. The second-order valence-electron chi connectivity index (χ2n) is 2.83. The van der Waals surface area contributed by atoms with E-state index in [1.807, 2.05) is 17.5 Å². The quantitative estimate of drug-likeness (QED) is 0.823. The van der Waals surface area contributed by atoms with Crippen molar-refractivity contribution in [3.8, 4) is 6.07 Å². The Bertz CT molecular complexity index is 527. The highest BCUT2D eigenvalue weighted by atomic mass is 127. The minimum absolute atomic E-state index is 0.0761. The van der Waals surface area contributed by atoms with Crippen molar-refractivity contribution in [1.29, 1.82) is 5.26 Å². The highest BCUT2D eigenvalue weighted by molar-refractivity contribution is 14.1. The van der Waals surface area contributed by atoms with E-state index in [0.29, 0.717) is 11.1 Å². The lowest BCUT2D eigenvalue weighted by Gasteiger charge is -2.00. The molecule has 0 saturated carbocycles. The van der Waals surface area contributed by atoms with Gasteiger partial charge in [0.2, 0.25) is 0 Å². The molecule has 0 bridgehead atoms. The molecule has 1 N–H and O–H groups in total. The molecule has 0 aliphatic rings. The molecule has 0 saturated heterocycles. The Labute approximate surface area is 98.9 Å². The van der Waals surface area contributed by atoms with Crippen LogP contribution in [0.4, 0.5) is 0 Å². The topological polar surface area (TPSA) is 44.0 Å². The number of nitriles is 1. The van der Waals surface area contributed by atoms with Crippen LogP contribution in [-0.4, -0.2) is 5.11 Å². The molecular weight excluding hydrogens is 309 g/mol. The largest absolute Gasteiger partial charge is 0.392 e. The maximum Gasteiger partial charge on any atom is 0.101 e. The second-order valence-corrected chi connectivity index (χ2v) is 4.87. The standard InChI is InChI=1S/C10H6INOS/c11-9-5-14-10-7(9)2-1-6(4-13)8(10)3-12/h1-2,5,13H,4H2. The van der Waals surface area contributed by atoms with E-state index in [4.69, 9.17) is 10.4 Å². The molecule has 0 unspecified atom stereocenters. The fraction of sp³-hybridized carbons (Fsp3) is 0.100. The van der Waals surface area contributed by atoms with Crippen LogP contribution in [-0.2, 0) is 6.61 Å². The maximum atomic E-state index is 9.07. The minimum Gasteiger partial charge on any atom is -0.392 e. The number of aliphatic hydroxyl groups is 1. The SMILES string of the molecule is N#Cc1c(CO)ccc2c(I)csc12. The minimum atomic E-state index is -0.0761. The molecule has 0 amide bonds. The third-order valence-electron chi connectivity index (χ3n) is 2.06. The van der Waals surface area contributed by atoms with Crippen LogP contribution in [0.3, 0.4) is 0 Å². The molecule has 0 spiro atoms. The molecule has 0 fully saturated rings. The maximum absolute atomic E-state index is 9.07. The zero-order chi connectivity index (χ0) is 10.1. The Balaban J connectivity index is 2.86. The number of benzene rings is 1. The lowest BCUT2D eigenvalue weighted by atomic mass is 10.1. The van der Waals surface area contributed by atoms with Crippen molar-refractivity contribution in [3.05, 3.63) is 32.2 Å². The van der Waals surface area contributed by atoms with E-state index in [-0.39, 0.29) is 6.61 Å². The lowest BCUT2D eigenvalue weighted by Crippen LogP contribution is -1.88. The van der Waals surface area contributed by atoms with Crippen LogP contribution in [0.25, 0.3) is 10.1 Å². The summed E-state index contributed by atoms with van der Waals surface area (Å²) in [7, 11) is 0. The summed E-state index contributed by atoms with van der Waals surface area (Å²) in [5.74, 6) is 0. The summed E-state index contributed by atoms with van der Waals surface area (Å²) < 4.78 is 2.13. The second kappa shape index (κ2) is 3.85. The van der Waals surface area contributed by atoms with E-state index in [9.17, 15) is 0 Å². The summed E-state index contributed by atoms with van der Waals surface area (Å²) >= 11 is 3.80. The van der Waals surface area contributed by atoms with E-state index in [2.05, 4.69) is 28.7 Å². The number of hydrogen-bond acceptors (Lipinski definition) is 3. The first-order chi connectivity index (χ1) is 6.77. The van der Waals surface area contributed by atoms with Crippen molar-refractivity contribution < 1.29 is 5.11 Å². The van der Waals surface area contributed by atoms with Gasteiger partial charge in [-0.05, 0) is 28.2 Å². The number of rotatable bonds is 1. The number of halogens is 1. The molecule has 0 aliphatic heterocycles. The Hall–Kier alpha value is -0.640. The van der Waals surface area contributed by atoms with Crippen molar-refractivity contribution >= 4 is 44.0 Å². The van der Waals surface area contributed by atoms with Crippen molar-refractivity contribution in [2.45, 2.75) is 6.61 Å². The van der Waals surface area contributed by atoms with Gasteiger partial charge in [0.25, 0.3) is 0 Å². The average molecular weight is 315 g/mol. The van der Waals surface area contributed by atoms with Gasteiger partial charge in [0.15, 0.2) is 0 Å². The van der Waals surface area contributed by atoms with Crippen molar-refractivity contribution in [2.75, 3.05) is 0 Å². The van der Waals surface area contributed by atoms with Crippen LogP contribution in [0.15, 0.2) is 17.5 Å². The smallest absolute Gasteiger partial charge is 0.101 e. The van der Waals surface area contributed by atoms with Crippen LogP contribution in [0.1, 0.15) is 11.1 Å². The number of thiophene rings is 1. The molecule has 0 atom stereocenters. The normalized spacial score (nSPS) is 10.4. The Morgan fingerprint density at radius 2 is 2.29 bits per heavy atom. The fourth-order valence-electron chi connectivity index (χ4n) is 1.36. The summed E-state index contributed by atoms with van der Waals surface area (Å²) in [6.45, 7) is -0.0761. The molecule has 1 aromatic heterocycles. The van der Waals surface area contributed by atoms with Crippen LogP contribution >= 0.6 is 33.9 Å². The Morgan fingerprint density at radius 3 is 2.93 bits per heavy atom. The lowest BCUT2D eigenvalue weighted by molar-refractivity contribution is 0.281. The van der Waals surface area contributed by atoms with E-state index in [0.717, 1.165) is 13.7 Å². The first-order valence-corrected chi connectivity index (χ1v) is 5.93. The molecule has 1 heterocycles. The number of aliphatic hydroxyl groups excluding tert-OH is 1. The summed E-state index contributed by atoms with van der Waals surface area (Å²) in [5.41, 5.74) is 1.32. The van der Waals surface area contributed by atoms with Gasteiger partial charge >= 0.3 is 0 Å². The predicted molar refractivity (Wildman–Crippen MR) is 65.2 cm³/mol. The van der Waals surface area contributed by atoms with Gasteiger partial charge in [-0.25, -0.2) is 0 Å². The van der Waals surface area contributed by atoms with Crippen molar-refractivity contribution in [2.24, 2.45) is 0 Å². The van der Waals surface area contributed by atoms with Gasteiger partial charge in [-0.3, -0.25) is 0 Å². The molecule has 2 rings (SSSR count). The van der Waals surface area contributed by atoms with Crippen molar-refractivity contribution in [3.63, 3.8) is 0 Å². The molecule has 1 aromatic carbocycles. The fourth-order valence-corrected chi connectivity index (χ4v) is 3.32. The summed E-state index contributed by atoms with van der Waals surface area (Å²) in [5, 5.41) is 21.2. The number of nitrogens with zero attached hydrogens (tertiary/aromatic N) is 1. The van der Waals surface area contributed by atoms with Gasteiger partial charge in [0, 0.05) is 14.3 Å². The average Bonchev–Trinajstić information content (AvgIpc) is 2.59. The highest BCUT2D eigenvalue weighted by Crippen LogP contribution is 2.31. The first-order valence-electron chi connectivity index (χ1n) is 3.97. The monoisotopic (exact) mass is 315 g/mol. The van der Waals surface area contributed by atoms with Gasteiger partial charge in [0.1, 0.15) is 6.07 Å². The molecule has 2 aromatic rings. The summed E-state index contributed by atoms with van der Waals surface area (Å²) in [4.78, 5) is 0. The molecule has 2 nitrogen and oxygen atoms in total. The van der Waals surface area contributed by atoms with E-state index in [1.165, 1.54) is 0 Å². The molecule has 0 radical (unpaired) electrons. The molecule has 14 heavy (non-hydrogen) atoms. The third-order valence-corrected chi connectivity index (χ3v) is 4.39. The number of fused-ring (bicyclic) bond motifs is 1. The van der Waals surface area contributed by atoms with Gasteiger partial charge in [-0.2, -0.15) is 5.26 Å². The van der Waals surface area contributed by atoms with E-state index in [1.54, 1.807) is 11.3 Å². The molecule has 70 valence electrons. The summed E-state index contributed by atoms with van der Waals surface area (Å²) in [6.07, 6.45) is 0. The molecule has 0 aliphatic carbocycles. The van der Waals surface area contributed by atoms with E-state index >= 15 is 0 Å². The number of hydrogen-bond donors (Lipinski definition) is 1. The van der Waals surface area contributed by atoms with Gasteiger partial charge < -0.3 is 5.11 Å². The molecular formula is C10H6INOS. The Morgan fingerprint density at radius 1 is 1.50 bits per heavy atom. The Kier molecular flexibility index (Phi) is 2.72. The van der Waals surface area contributed by atoms with Crippen LogP contribution in [0.2, 0.25) is 0 Å². The first kappa shape index (κ1) is 9.90. The van der Waals surface area contributed by atoms with Crippen LogP contribution < -0.4 is 0 Å². The third kappa shape index (κ3) is 1.41. The van der Waals surface area contributed by atoms with Gasteiger partial charge in [0.05, 0.1) is 16.9 Å². The molecule has 4 heteroatoms. The van der Waals surface area contributed by atoms with Gasteiger partial charge in [-0.1, -0.05) is 12.1 Å². The highest BCUT2D eigenvalue weighted by Gasteiger charge is 2.09. The van der Waals surface area contributed by atoms with Crippen LogP contribution in [0.5, 0.6) is 0 Å². The van der Waals surface area contributed by atoms with Crippen molar-refractivity contribution in [1.82, 2.24) is 0 Å². The van der Waals surface area contributed by atoms with Crippen LogP contribution in [0, 0.1) is 14.9 Å². The zero-order valence-corrected chi connectivity index (χ0v) is 10.1. The van der Waals surface area contributed by atoms with Gasteiger partial charge in [-0.15, -0.1) is 11.3 Å². The zero-order valence-electron chi connectivity index (χ0n) is 7.12. The van der Waals surface area contributed by atoms with E-state index < -0.39 is 0 Å².